The van der Waals surface area contributed by atoms with E-state index >= 15 is 0 Å². The van der Waals surface area contributed by atoms with E-state index in [0.717, 1.165) is 0 Å². The van der Waals surface area contributed by atoms with Crippen molar-refractivity contribution >= 4 is 38.8 Å². The molecule has 1 heterocycles. The first kappa shape index (κ1) is 9.16. The van der Waals surface area contributed by atoms with Crippen molar-refractivity contribution in [3.05, 3.63) is 0 Å². The molecule has 0 aromatic heterocycles. The van der Waals surface area contributed by atoms with Crippen LogP contribution in [0, 0.1) is 0 Å². The molecule has 11 heavy (non-hydrogen) atoms. The Balaban J connectivity index is 2.83. The first-order valence-electron chi connectivity index (χ1n) is 2.52. The fourth-order valence-electron chi connectivity index (χ4n) is 0.651. The number of hydrogen-bond donors (Lipinski definition) is 2. The van der Waals surface area contributed by atoms with E-state index in [4.69, 9.17) is 10.3 Å². The molecule has 1 rings (SSSR count). The second-order valence-electron chi connectivity index (χ2n) is 2.15. The summed E-state index contributed by atoms with van der Waals surface area (Å²) in [5, 5.41) is 0. The van der Waals surface area contributed by atoms with E-state index in [1.54, 1.807) is 22.6 Å². The summed E-state index contributed by atoms with van der Waals surface area (Å²) in [7, 11) is -4.39. The average molecular weight is 292 g/mol. The van der Waals surface area contributed by atoms with E-state index in [-0.39, 0.29) is 6.54 Å². The van der Waals surface area contributed by atoms with E-state index in [9.17, 15) is 13.2 Å². The van der Waals surface area contributed by atoms with Gasteiger partial charge < -0.3 is 5.73 Å². The standard InChI is InChI=1S/C3H5IN2O4S/c4-3(5)1-6(2(3)7)11(8,9)10/h1,5H2,(H,8,9,10)/t3-/m1/s1. The van der Waals surface area contributed by atoms with Crippen LogP contribution >= 0.6 is 22.6 Å². The third kappa shape index (κ3) is 1.48. The summed E-state index contributed by atoms with van der Waals surface area (Å²) in [4.78, 5) is 10.8. The lowest BCUT2D eigenvalue weighted by Crippen LogP contribution is -2.69. The normalized spacial score (nSPS) is 31.9. The highest BCUT2D eigenvalue weighted by Crippen LogP contribution is 2.28. The van der Waals surface area contributed by atoms with Gasteiger partial charge in [-0.2, -0.15) is 8.42 Å². The third-order valence-electron chi connectivity index (χ3n) is 1.23. The highest BCUT2D eigenvalue weighted by molar-refractivity contribution is 14.1. The number of amides is 1. The van der Waals surface area contributed by atoms with Crippen LogP contribution < -0.4 is 5.73 Å². The Morgan fingerprint density at radius 1 is 1.73 bits per heavy atom. The van der Waals surface area contributed by atoms with E-state index in [1.807, 2.05) is 0 Å². The minimum Gasteiger partial charge on any atom is -0.308 e. The first-order valence-corrected chi connectivity index (χ1v) is 5.00. The molecule has 6 nitrogen and oxygen atoms in total. The summed E-state index contributed by atoms with van der Waals surface area (Å²) < 4.78 is 28.1. The molecule has 0 aromatic carbocycles. The first-order chi connectivity index (χ1) is 4.75. The minimum atomic E-state index is -4.39. The predicted molar refractivity (Wildman–Crippen MR) is 44.2 cm³/mol. The minimum absolute atomic E-state index is 0.175. The molecule has 0 aromatic rings. The number of alkyl halides is 1. The molecule has 1 saturated heterocycles. The van der Waals surface area contributed by atoms with Gasteiger partial charge in [-0.25, -0.2) is 4.31 Å². The molecule has 0 saturated carbocycles. The van der Waals surface area contributed by atoms with Gasteiger partial charge in [0.05, 0.1) is 6.54 Å². The number of β-lactam (4-membered cyclic amide) rings is 1. The zero-order chi connectivity index (χ0) is 8.86. The van der Waals surface area contributed by atoms with Crippen LogP contribution in [0.5, 0.6) is 0 Å². The van der Waals surface area contributed by atoms with Gasteiger partial charge in [0.2, 0.25) is 0 Å². The van der Waals surface area contributed by atoms with Crippen molar-refractivity contribution in [2.75, 3.05) is 6.54 Å². The largest absolute Gasteiger partial charge is 0.362 e. The monoisotopic (exact) mass is 292 g/mol. The van der Waals surface area contributed by atoms with Crippen molar-refractivity contribution in [2.45, 2.75) is 3.55 Å². The summed E-state index contributed by atoms with van der Waals surface area (Å²) in [5.41, 5.74) is 5.27. The Hall–Kier alpha value is 0.0700. The van der Waals surface area contributed by atoms with Crippen LogP contribution in [0.15, 0.2) is 0 Å². The molecule has 0 spiro atoms. The lowest BCUT2D eigenvalue weighted by atomic mass is 10.2. The molecule has 1 amide bonds. The van der Waals surface area contributed by atoms with Gasteiger partial charge in [0.15, 0.2) is 3.55 Å². The summed E-state index contributed by atoms with van der Waals surface area (Å²) >= 11 is 1.62. The van der Waals surface area contributed by atoms with Crippen LogP contribution in [-0.4, -0.2) is 33.3 Å². The van der Waals surface area contributed by atoms with Crippen molar-refractivity contribution in [1.82, 2.24) is 4.31 Å². The molecule has 0 aliphatic carbocycles. The van der Waals surface area contributed by atoms with E-state index in [0.29, 0.717) is 4.31 Å². The Morgan fingerprint density at radius 3 is 2.27 bits per heavy atom. The quantitative estimate of drug-likeness (QED) is 0.206. The average Bonchev–Trinajstić information content (AvgIpc) is 1.80. The van der Waals surface area contributed by atoms with Gasteiger partial charge in [-0.1, -0.05) is 0 Å². The fraction of sp³-hybridized carbons (Fsp3) is 0.667. The molecular formula is C3H5IN2O4S. The van der Waals surface area contributed by atoms with Crippen molar-refractivity contribution in [3.8, 4) is 0 Å². The molecular weight excluding hydrogens is 287 g/mol. The lowest BCUT2D eigenvalue weighted by Gasteiger charge is -2.39. The molecule has 8 heteroatoms. The zero-order valence-electron chi connectivity index (χ0n) is 5.19. The number of carbonyl (C=O) groups excluding carboxylic acids is 1. The SMILES string of the molecule is N[C@]1(I)CN(S(=O)(=O)O)C1=O. The maximum atomic E-state index is 10.8. The molecule has 0 unspecified atom stereocenters. The van der Waals surface area contributed by atoms with Crippen LogP contribution in [0.1, 0.15) is 0 Å². The maximum Gasteiger partial charge on any atom is 0.362 e. The molecule has 3 N–H and O–H groups in total. The van der Waals surface area contributed by atoms with Crippen molar-refractivity contribution in [1.29, 1.82) is 0 Å². The number of nitrogens with two attached hydrogens (primary N) is 1. The Kier molecular flexibility index (Phi) is 1.90. The number of nitrogens with zero attached hydrogens (tertiary/aromatic N) is 1. The van der Waals surface area contributed by atoms with Crippen LogP contribution in [-0.2, 0) is 15.1 Å². The zero-order valence-corrected chi connectivity index (χ0v) is 8.16. The number of halogens is 1. The van der Waals surface area contributed by atoms with E-state index < -0.39 is 19.8 Å². The van der Waals surface area contributed by atoms with Gasteiger partial charge in [-0.05, 0) is 22.6 Å². The number of hydrogen-bond acceptors (Lipinski definition) is 4. The molecule has 64 valence electrons. The van der Waals surface area contributed by atoms with Crippen LogP contribution in [0.25, 0.3) is 0 Å². The Labute approximate surface area is 76.8 Å². The molecule has 1 aliphatic heterocycles. The fourth-order valence-corrected chi connectivity index (χ4v) is 2.42. The number of carbonyl (C=O) groups is 1. The lowest BCUT2D eigenvalue weighted by molar-refractivity contribution is -0.136. The van der Waals surface area contributed by atoms with Crippen LogP contribution in [0.2, 0.25) is 0 Å². The predicted octanol–water partition coefficient (Wildman–Crippen LogP) is -1.28. The molecule has 1 aliphatic rings. The smallest absolute Gasteiger partial charge is 0.308 e. The topological polar surface area (TPSA) is 101 Å². The van der Waals surface area contributed by atoms with E-state index in [2.05, 4.69) is 0 Å². The molecule has 0 radical (unpaired) electrons. The highest BCUT2D eigenvalue weighted by Gasteiger charge is 2.52. The maximum absolute atomic E-state index is 10.8. The van der Waals surface area contributed by atoms with Crippen molar-refractivity contribution in [2.24, 2.45) is 5.73 Å². The van der Waals surface area contributed by atoms with E-state index in [1.165, 1.54) is 0 Å². The van der Waals surface area contributed by atoms with Gasteiger partial charge in [-0.15, -0.1) is 0 Å². The summed E-state index contributed by atoms with van der Waals surface area (Å²) in [6.45, 7) is -0.175. The summed E-state index contributed by atoms with van der Waals surface area (Å²) in [6, 6.07) is 0. The Bertz CT molecular complexity index is 296. The van der Waals surface area contributed by atoms with Gasteiger partial charge in [0, 0.05) is 0 Å². The summed E-state index contributed by atoms with van der Waals surface area (Å²) in [6.07, 6.45) is 0. The van der Waals surface area contributed by atoms with Gasteiger partial charge in [0.1, 0.15) is 0 Å². The highest BCUT2D eigenvalue weighted by atomic mass is 127. The summed E-state index contributed by atoms with van der Waals surface area (Å²) in [5.74, 6) is -0.791. The van der Waals surface area contributed by atoms with Crippen molar-refractivity contribution < 1.29 is 17.8 Å². The van der Waals surface area contributed by atoms with Gasteiger partial charge in [0.25, 0.3) is 5.91 Å². The second kappa shape index (κ2) is 2.28. The van der Waals surface area contributed by atoms with Gasteiger partial charge >= 0.3 is 10.3 Å². The van der Waals surface area contributed by atoms with Gasteiger partial charge in [-0.3, -0.25) is 9.35 Å². The molecule has 1 fully saturated rings. The Morgan fingerprint density at radius 2 is 2.18 bits per heavy atom. The number of rotatable bonds is 1. The van der Waals surface area contributed by atoms with Crippen molar-refractivity contribution in [3.63, 3.8) is 0 Å². The molecule has 1 atom stereocenters. The van der Waals surface area contributed by atoms with Crippen LogP contribution in [0.3, 0.4) is 0 Å². The third-order valence-corrected chi connectivity index (χ3v) is 2.89. The van der Waals surface area contributed by atoms with Crippen LogP contribution in [0.4, 0.5) is 0 Å². The molecule has 0 bridgehead atoms. The second-order valence-corrected chi connectivity index (χ2v) is 5.41.